The van der Waals surface area contributed by atoms with E-state index in [4.69, 9.17) is 18.0 Å². The number of hydrogen-bond acceptors (Lipinski definition) is 2. The van der Waals surface area contributed by atoms with Crippen LogP contribution in [0.1, 0.15) is 26.7 Å². The van der Waals surface area contributed by atoms with E-state index in [1.54, 1.807) is 7.05 Å². The van der Waals surface area contributed by atoms with Crippen LogP contribution < -0.4 is 11.1 Å². The lowest BCUT2D eigenvalue weighted by atomic mass is 10.3. The monoisotopic (exact) mass is 217 g/mol. The predicted molar refractivity (Wildman–Crippen MR) is 62.3 cm³/mol. The van der Waals surface area contributed by atoms with Crippen LogP contribution in [-0.2, 0) is 0 Å². The highest BCUT2D eigenvalue weighted by Crippen LogP contribution is 1.96. The minimum Gasteiger partial charge on any atom is -0.392 e. The minimum absolute atomic E-state index is 0.126. The maximum atomic E-state index is 11.5. The summed E-state index contributed by atoms with van der Waals surface area (Å²) in [6.07, 6.45) is 2.05. The number of amides is 2. The molecule has 4 nitrogen and oxygen atoms in total. The lowest BCUT2D eigenvalue weighted by molar-refractivity contribution is 0.204. The second-order valence-corrected chi connectivity index (χ2v) is 3.75. The molecular weight excluding hydrogens is 198 g/mol. The normalized spacial score (nSPS) is 11.9. The van der Waals surface area contributed by atoms with Gasteiger partial charge in [0.1, 0.15) is 0 Å². The summed E-state index contributed by atoms with van der Waals surface area (Å²) in [4.78, 5) is 13.3. The molecule has 0 aromatic carbocycles. The summed E-state index contributed by atoms with van der Waals surface area (Å²) in [6, 6.07) is -0.328. The van der Waals surface area contributed by atoms with Gasteiger partial charge in [-0.05, 0) is 13.3 Å². The first kappa shape index (κ1) is 13.2. The van der Waals surface area contributed by atoms with E-state index in [9.17, 15) is 4.79 Å². The molecule has 0 heterocycles. The highest BCUT2D eigenvalue weighted by atomic mass is 32.1. The highest BCUT2D eigenvalue weighted by Gasteiger charge is 2.16. The smallest absolute Gasteiger partial charge is 0.317 e. The number of likely N-dealkylation sites (N-methyl/N-ethyl adjacent to an activating group) is 1. The standard InChI is InChI=1S/C9H19N3OS/c1-4-5-6-11-9(13)12(3)7(2)8(10)14/h7H,4-6H2,1-3H3,(H2,10,14)(H,11,13). The van der Waals surface area contributed by atoms with E-state index in [2.05, 4.69) is 12.2 Å². The van der Waals surface area contributed by atoms with Gasteiger partial charge in [0.25, 0.3) is 0 Å². The van der Waals surface area contributed by atoms with Gasteiger partial charge in [-0.3, -0.25) is 0 Å². The van der Waals surface area contributed by atoms with Crippen molar-refractivity contribution in [1.82, 2.24) is 10.2 Å². The predicted octanol–water partition coefficient (Wildman–Crippen LogP) is 1.10. The molecule has 1 atom stereocenters. The van der Waals surface area contributed by atoms with Crippen LogP contribution in [0, 0.1) is 0 Å². The molecule has 82 valence electrons. The average molecular weight is 217 g/mol. The molecule has 0 saturated carbocycles. The highest BCUT2D eigenvalue weighted by molar-refractivity contribution is 7.80. The lowest BCUT2D eigenvalue weighted by Crippen LogP contribution is -2.47. The maximum absolute atomic E-state index is 11.5. The summed E-state index contributed by atoms with van der Waals surface area (Å²) in [6.45, 7) is 4.58. The number of unbranched alkanes of at least 4 members (excludes halogenated alkanes) is 1. The Kier molecular flexibility index (Phi) is 6.19. The first-order valence-electron chi connectivity index (χ1n) is 4.80. The molecule has 0 aromatic heterocycles. The molecule has 0 fully saturated rings. The van der Waals surface area contributed by atoms with Gasteiger partial charge < -0.3 is 16.0 Å². The number of nitrogens with one attached hydrogen (secondary N) is 1. The van der Waals surface area contributed by atoms with E-state index >= 15 is 0 Å². The van der Waals surface area contributed by atoms with Crippen molar-refractivity contribution in [2.24, 2.45) is 5.73 Å². The Hall–Kier alpha value is -0.840. The molecule has 0 aliphatic rings. The van der Waals surface area contributed by atoms with E-state index in [1.165, 1.54) is 4.90 Å². The molecule has 0 rings (SSSR count). The van der Waals surface area contributed by atoms with E-state index in [1.807, 2.05) is 6.92 Å². The number of nitrogens with two attached hydrogens (primary N) is 1. The Balaban J connectivity index is 3.92. The zero-order chi connectivity index (χ0) is 11.1. The fourth-order valence-electron chi connectivity index (χ4n) is 0.864. The molecule has 5 heteroatoms. The summed E-state index contributed by atoms with van der Waals surface area (Å²) in [5, 5.41) is 2.79. The van der Waals surface area contributed by atoms with Crippen LogP contribution in [-0.4, -0.2) is 35.6 Å². The summed E-state index contributed by atoms with van der Waals surface area (Å²) in [5.74, 6) is 0. The van der Waals surface area contributed by atoms with E-state index in [0.717, 1.165) is 12.8 Å². The molecule has 0 spiro atoms. The molecule has 14 heavy (non-hydrogen) atoms. The Morgan fingerprint density at radius 2 is 2.21 bits per heavy atom. The first-order valence-corrected chi connectivity index (χ1v) is 5.21. The fourth-order valence-corrected chi connectivity index (χ4v) is 1.02. The average Bonchev–Trinajstić information content (AvgIpc) is 2.15. The minimum atomic E-state index is -0.202. The van der Waals surface area contributed by atoms with Crippen molar-refractivity contribution in [3.8, 4) is 0 Å². The molecule has 0 aliphatic heterocycles. The number of carbonyl (C=O) groups is 1. The Labute approximate surface area is 90.8 Å². The second kappa shape index (κ2) is 6.59. The molecule has 0 aromatic rings. The summed E-state index contributed by atoms with van der Waals surface area (Å²) >= 11 is 4.81. The second-order valence-electron chi connectivity index (χ2n) is 3.27. The summed E-state index contributed by atoms with van der Waals surface area (Å²) in [7, 11) is 1.69. The first-order chi connectivity index (χ1) is 6.50. The Bertz CT molecular complexity index is 208. The van der Waals surface area contributed by atoms with Crippen molar-refractivity contribution in [3.63, 3.8) is 0 Å². The number of thiocarbonyl (C=S) groups is 1. The Morgan fingerprint density at radius 3 is 2.64 bits per heavy atom. The van der Waals surface area contributed by atoms with Crippen LogP contribution in [0.15, 0.2) is 0 Å². The third-order valence-electron chi connectivity index (χ3n) is 2.12. The largest absolute Gasteiger partial charge is 0.392 e. The van der Waals surface area contributed by atoms with Gasteiger partial charge in [-0.25, -0.2) is 4.79 Å². The van der Waals surface area contributed by atoms with Gasteiger partial charge in [-0.15, -0.1) is 0 Å². The number of hydrogen-bond donors (Lipinski definition) is 2. The summed E-state index contributed by atoms with van der Waals surface area (Å²) < 4.78 is 0. The van der Waals surface area contributed by atoms with Crippen LogP contribution in [0.25, 0.3) is 0 Å². The molecule has 0 saturated heterocycles. The van der Waals surface area contributed by atoms with Crippen LogP contribution >= 0.6 is 12.2 Å². The summed E-state index contributed by atoms with van der Waals surface area (Å²) in [5.41, 5.74) is 5.44. The van der Waals surface area contributed by atoms with Gasteiger partial charge in [0.15, 0.2) is 0 Å². The zero-order valence-electron chi connectivity index (χ0n) is 9.04. The van der Waals surface area contributed by atoms with Crippen LogP contribution in [0.5, 0.6) is 0 Å². The molecule has 0 radical (unpaired) electrons. The van der Waals surface area contributed by atoms with Crippen LogP contribution in [0.4, 0.5) is 4.79 Å². The van der Waals surface area contributed by atoms with Crippen molar-refractivity contribution in [1.29, 1.82) is 0 Å². The fraction of sp³-hybridized carbons (Fsp3) is 0.778. The van der Waals surface area contributed by atoms with Gasteiger partial charge in [0, 0.05) is 13.6 Å². The van der Waals surface area contributed by atoms with E-state index in [0.29, 0.717) is 11.5 Å². The Morgan fingerprint density at radius 1 is 1.64 bits per heavy atom. The van der Waals surface area contributed by atoms with E-state index < -0.39 is 0 Å². The molecule has 2 amide bonds. The number of rotatable bonds is 5. The zero-order valence-corrected chi connectivity index (χ0v) is 9.86. The lowest BCUT2D eigenvalue weighted by Gasteiger charge is -2.24. The van der Waals surface area contributed by atoms with Crippen molar-refractivity contribution >= 4 is 23.2 Å². The van der Waals surface area contributed by atoms with Crippen LogP contribution in [0.3, 0.4) is 0 Å². The molecule has 1 unspecified atom stereocenters. The topological polar surface area (TPSA) is 58.4 Å². The molecule has 0 bridgehead atoms. The SMILES string of the molecule is CCCCNC(=O)N(C)C(C)C(N)=S. The van der Waals surface area contributed by atoms with Crippen molar-refractivity contribution < 1.29 is 4.79 Å². The number of nitrogens with zero attached hydrogens (tertiary/aromatic N) is 1. The van der Waals surface area contributed by atoms with Crippen molar-refractivity contribution in [2.75, 3.05) is 13.6 Å². The van der Waals surface area contributed by atoms with Gasteiger partial charge in [-0.1, -0.05) is 25.6 Å². The van der Waals surface area contributed by atoms with Gasteiger partial charge in [-0.2, -0.15) is 0 Å². The molecule has 3 N–H and O–H groups in total. The van der Waals surface area contributed by atoms with Crippen molar-refractivity contribution in [2.45, 2.75) is 32.7 Å². The van der Waals surface area contributed by atoms with Crippen LogP contribution in [0.2, 0.25) is 0 Å². The van der Waals surface area contributed by atoms with Gasteiger partial charge in [0.2, 0.25) is 0 Å². The third-order valence-corrected chi connectivity index (χ3v) is 2.46. The van der Waals surface area contributed by atoms with Gasteiger partial charge >= 0.3 is 6.03 Å². The van der Waals surface area contributed by atoms with Gasteiger partial charge in [0.05, 0.1) is 11.0 Å². The molecule has 0 aliphatic carbocycles. The molecular formula is C9H19N3OS. The number of carbonyl (C=O) groups excluding carboxylic acids is 1. The quantitative estimate of drug-likeness (QED) is 0.535. The number of urea groups is 1. The third kappa shape index (κ3) is 4.41. The maximum Gasteiger partial charge on any atom is 0.317 e. The van der Waals surface area contributed by atoms with Crippen molar-refractivity contribution in [3.05, 3.63) is 0 Å². The van der Waals surface area contributed by atoms with E-state index in [-0.39, 0.29) is 12.1 Å².